The summed E-state index contributed by atoms with van der Waals surface area (Å²) in [6.45, 7) is 2.21. The van der Waals surface area contributed by atoms with Crippen LogP contribution in [0.3, 0.4) is 0 Å². The molecule has 0 spiro atoms. The highest BCUT2D eigenvalue weighted by Crippen LogP contribution is 2.29. The fraction of sp³-hybridized carbons (Fsp3) is 0.529. The van der Waals surface area contributed by atoms with Crippen molar-refractivity contribution >= 4 is 22.7 Å². The molecule has 108 valence electrons. The van der Waals surface area contributed by atoms with Crippen molar-refractivity contribution in [1.29, 1.82) is 0 Å². The summed E-state index contributed by atoms with van der Waals surface area (Å²) in [7, 11) is 0. The highest BCUT2D eigenvalue weighted by atomic mass is 32.2. The molecule has 2 aromatic rings. The summed E-state index contributed by atoms with van der Waals surface area (Å²) < 4.78 is 5.95. The van der Waals surface area contributed by atoms with Crippen molar-refractivity contribution in [3.05, 3.63) is 36.1 Å². The van der Waals surface area contributed by atoms with Crippen molar-refractivity contribution in [2.75, 3.05) is 6.26 Å². The van der Waals surface area contributed by atoms with Gasteiger partial charge in [-0.25, -0.2) is 0 Å². The summed E-state index contributed by atoms with van der Waals surface area (Å²) >= 11 is 2.02. The van der Waals surface area contributed by atoms with E-state index in [9.17, 15) is 0 Å². The van der Waals surface area contributed by atoms with Gasteiger partial charge in [-0.2, -0.15) is 11.8 Å². The first-order valence-corrected chi connectivity index (χ1v) is 8.82. The third-order valence-corrected chi connectivity index (χ3v) is 5.50. The van der Waals surface area contributed by atoms with Crippen LogP contribution in [0.15, 0.2) is 34.7 Å². The molecular formula is C17H23NOS. The molecule has 1 N–H and O–H groups in total. The third-order valence-electron chi connectivity index (χ3n) is 4.36. The van der Waals surface area contributed by atoms with Gasteiger partial charge in [-0.15, -0.1) is 0 Å². The van der Waals surface area contributed by atoms with Gasteiger partial charge in [-0.1, -0.05) is 18.2 Å². The number of benzene rings is 1. The highest BCUT2D eigenvalue weighted by molar-refractivity contribution is 7.99. The van der Waals surface area contributed by atoms with E-state index in [1.807, 2.05) is 23.9 Å². The SMILES string of the molecule is CSC1CCC(NC(C)c2cc3ccccc3o2)CC1. The zero-order valence-electron chi connectivity index (χ0n) is 12.3. The first-order chi connectivity index (χ1) is 9.76. The van der Waals surface area contributed by atoms with E-state index >= 15 is 0 Å². The summed E-state index contributed by atoms with van der Waals surface area (Å²) in [6.07, 6.45) is 7.49. The number of fused-ring (bicyclic) bond motifs is 1. The van der Waals surface area contributed by atoms with E-state index in [1.54, 1.807) is 0 Å². The van der Waals surface area contributed by atoms with E-state index < -0.39 is 0 Å². The monoisotopic (exact) mass is 289 g/mol. The standard InChI is InChI=1S/C17H23NOS/c1-12(18-14-7-9-15(20-2)10-8-14)17-11-13-5-3-4-6-16(13)19-17/h3-6,11-12,14-15,18H,7-10H2,1-2H3. The normalized spacial score (nSPS) is 24.9. The Morgan fingerprint density at radius 2 is 1.95 bits per heavy atom. The minimum Gasteiger partial charge on any atom is -0.459 e. The molecule has 1 aliphatic carbocycles. The molecule has 1 aromatic heterocycles. The lowest BCUT2D eigenvalue weighted by Gasteiger charge is -2.29. The Morgan fingerprint density at radius 3 is 2.65 bits per heavy atom. The summed E-state index contributed by atoms with van der Waals surface area (Å²) in [4.78, 5) is 0. The van der Waals surface area contributed by atoms with E-state index in [0.717, 1.165) is 16.6 Å². The van der Waals surface area contributed by atoms with Crippen molar-refractivity contribution < 1.29 is 4.42 Å². The van der Waals surface area contributed by atoms with Gasteiger partial charge in [0.25, 0.3) is 0 Å². The molecule has 3 heteroatoms. The van der Waals surface area contributed by atoms with Crippen LogP contribution in [0.5, 0.6) is 0 Å². The van der Waals surface area contributed by atoms with Crippen molar-refractivity contribution in [1.82, 2.24) is 5.32 Å². The molecule has 0 bridgehead atoms. The number of nitrogens with one attached hydrogen (secondary N) is 1. The molecule has 0 amide bonds. The molecule has 1 saturated carbocycles. The Hall–Kier alpha value is -0.930. The Bertz CT molecular complexity index is 524. The Kier molecular flexibility index (Phi) is 4.37. The van der Waals surface area contributed by atoms with Gasteiger partial charge in [-0.05, 0) is 51.0 Å². The lowest BCUT2D eigenvalue weighted by atomic mass is 9.94. The first-order valence-electron chi connectivity index (χ1n) is 7.53. The summed E-state index contributed by atoms with van der Waals surface area (Å²) in [5.74, 6) is 1.05. The third kappa shape index (κ3) is 3.04. The molecule has 20 heavy (non-hydrogen) atoms. The summed E-state index contributed by atoms with van der Waals surface area (Å²) in [6, 6.07) is 11.3. The lowest BCUT2D eigenvalue weighted by Crippen LogP contribution is -2.35. The van der Waals surface area contributed by atoms with E-state index in [-0.39, 0.29) is 0 Å². The van der Waals surface area contributed by atoms with E-state index in [4.69, 9.17) is 4.42 Å². The average Bonchev–Trinajstić information content (AvgIpc) is 2.92. The molecule has 1 aliphatic rings. The van der Waals surface area contributed by atoms with Gasteiger partial charge in [0.2, 0.25) is 0 Å². The van der Waals surface area contributed by atoms with E-state index in [0.29, 0.717) is 12.1 Å². The number of thioether (sulfide) groups is 1. The predicted octanol–water partition coefficient (Wildman–Crippen LogP) is 4.76. The fourth-order valence-electron chi connectivity index (χ4n) is 3.12. The number of furan rings is 1. The van der Waals surface area contributed by atoms with Crippen LogP contribution < -0.4 is 5.32 Å². The van der Waals surface area contributed by atoms with Gasteiger partial charge in [0, 0.05) is 16.7 Å². The molecule has 0 radical (unpaired) electrons. The maximum Gasteiger partial charge on any atom is 0.134 e. The minimum atomic E-state index is 0.290. The average molecular weight is 289 g/mol. The van der Waals surface area contributed by atoms with Gasteiger partial charge in [0.05, 0.1) is 6.04 Å². The van der Waals surface area contributed by atoms with Crippen LogP contribution >= 0.6 is 11.8 Å². The molecular weight excluding hydrogens is 266 g/mol. The largest absolute Gasteiger partial charge is 0.459 e. The minimum absolute atomic E-state index is 0.290. The van der Waals surface area contributed by atoms with Crippen LogP contribution in [-0.4, -0.2) is 17.5 Å². The Labute approximate surface area is 125 Å². The number of rotatable bonds is 4. The first kappa shape index (κ1) is 14.0. The maximum atomic E-state index is 5.95. The zero-order valence-corrected chi connectivity index (χ0v) is 13.1. The Balaban J connectivity index is 1.63. The van der Waals surface area contributed by atoms with Crippen molar-refractivity contribution in [2.24, 2.45) is 0 Å². The molecule has 0 aliphatic heterocycles. The van der Waals surface area contributed by atoms with Crippen molar-refractivity contribution in [3.8, 4) is 0 Å². The zero-order chi connectivity index (χ0) is 13.9. The van der Waals surface area contributed by atoms with Crippen molar-refractivity contribution in [3.63, 3.8) is 0 Å². The van der Waals surface area contributed by atoms with Crippen molar-refractivity contribution in [2.45, 2.75) is 49.9 Å². The van der Waals surface area contributed by atoms with Crippen LogP contribution in [0.4, 0.5) is 0 Å². The van der Waals surface area contributed by atoms with Gasteiger partial charge in [0.1, 0.15) is 11.3 Å². The number of para-hydroxylation sites is 1. The van der Waals surface area contributed by atoms with Gasteiger partial charge in [-0.3, -0.25) is 0 Å². The second kappa shape index (κ2) is 6.23. The van der Waals surface area contributed by atoms with Crippen LogP contribution in [0.1, 0.15) is 44.4 Å². The fourth-order valence-corrected chi connectivity index (χ4v) is 3.86. The summed E-state index contributed by atoms with van der Waals surface area (Å²) in [5, 5.41) is 5.80. The molecule has 0 saturated heterocycles. The number of hydrogen-bond donors (Lipinski definition) is 1. The topological polar surface area (TPSA) is 25.2 Å². The van der Waals surface area contributed by atoms with E-state index in [1.165, 1.54) is 31.1 Å². The van der Waals surface area contributed by atoms with Crippen LogP contribution in [0, 0.1) is 0 Å². The second-order valence-electron chi connectivity index (χ2n) is 5.78. The quantitative estimate of drug-likeness (QED) is 0.878. The molecule has 1 aromatic carbocycles. The predicted molar refractivity (Wildman–Crippen MR) is 87.3 cm³/mol. The van der Waals surface area contributed by atoms with Gasteiger partial charge in [0.15, 0.2) is 0 Å². The van der Waals surface area contributed by atoms with Gasteiger partial charge < -0.3 is 9.73 Å². The van der Waals surface area contributed by atoms with Gasteiger partial charge >= 0.3 is 0 Å². The Morgan fingerprint density at radius 1 is 1.20 bits per heavy atom. The molecule has 3 rings (SSSR count). The molecule has 2 nitrogen and oxygen atoms in total. The molecule has 1 fully saturated rings. The number of hydrogen-bond acceptors (Lipinski definition) is 3. The van der Waals surface area contributed by atoms with Crippen LogP contribution in [0.2, 0.25) is 0 Å². The maximum absolute atomic E-state index is 5.95. The molecule has 1 unspecified atom stereocenters. The summed E-state index contributed by atoms with van der Waals surface area (Å²) in [5.41, 5.74) is 0.988. The van der Waals surface area contributed by atoms with Crippen LogP contribution in [0.25, 0.3) is 11.0 Å². The van der Waals surface area contributed by atoms with E-state index in [2.05, 4.69) is 36.7 Å². The smallest absolute Gasteiger partial charge is 0.134 e. The second-order valence-corrected chi connectivity index (χ2v) is 6.92. The highest BCUT2D eigenvalue weighted by Gasteiger charge is 2.22. The molecule has 1 atom stereocenters. The van der Waals surface area contributed by atoms with Crippen LogP contribution in [-0.2, 0) is 0 Å². The molecule has 1 heterocycles. The lowest BCUT2D eigenvalue weighted by molar-refractivity contribution is 0.331.